The van der Waals surface area contributed by atoms with E-state index in [-0.39, 0.29) is 24.5 Å². The summed E-state index contributed by atoms with van der Waals surface area (Å²) in [5.41, 5.74) is 0. The van der Waals surface area contributed by atoms with E-state index >= 15 is 0 Å². The molecule has 26 heavy (non-hydrogen) atoms. The molecular weight excluding hydrogens is 362 g/mol. The van der Waals surface area contributed by atoms with Gasteiger partial charge in [0.2, 0.25) is 0 Å². The molecule has 1 atom stereocenters. The van der Waals surface area contributed by atoms with Crippen LogP contribution in [0.3, 0.4) is 0 Å². The highest BCUT2D eigenvalue weighted by atomic mass is 32.2. The lowest BCUT2D eigenvalue weighted by atomic mass is 10.2. The van der Waals surface area contributed by atoms with Gasteiger partial charge in [-0.15, -0.1) is 0 Å². The van der Waals surface area contributed by atoms with E-state index in [0.29, 0.717) is 18.8 Å². The van der Waals surface area contributed by atoms with Gasteiger partial charge in [-0.3, -0.25) is 9.59 Å². The maximum absolute atomic E-state index is 11.7. The van der Waals surface area contributed by atoms with Crippen molar-refractivity contribution in [1.29, 1.82) is 0 Å². The van der Waals surface area contributed by atoms with Gasteiger partial charge in [0.15, 0.2) is 16.4 Å². The highest BCUT2D eigenvalue weighted by molar-refractivity contribution is 7.91. The Morgan fingerprint density at radius 3 is 2.38 bits per heavy atom. The first-order valence-electron chi connectivity index (χ1n) is 8.39. The third-order valence-electron chi connectivity index (χ3n) is 3.67. The topological polar surface area (TPSA) is 108 Å². The second kappa shape index (κ2) is 9.42. The summed E-state index contributed by atoms with van der Waals surface area (Å²) >= 11 is 0. The average molecular weight is 385 g/mol. The Bertz CT molecular complexity index is 715. The van der Waals surface area contributed by atoms with Crippen molar-refractivity contribution in [3.8, 4) is 11.5 Å². The number of carbonyl (C=O) groups is 2. The number of rotatable bonds is 9. The number of benzene rings is 1. The van der Waals surface area contributed by atoms with Gasteiger partial charge in [0.05, 0.1) is 31.1 Å². The lowest BCUT2D eigenvalue weighted by Crippen LogP contribution is -2.38. The van der Waals surface area contributed by atoms with Crippen LogP contribution in [0.25, 0.3) is 0 Å². The molecule has 8 nitrogen and oxygen atoms in total. The summed E-state index contributed by atoms with van der Waals surface area (Å²) in [4.78, 5) is 23.3. The van der Waals surface area contributed by atoms with Gasteiger partial charge < -0.3 is 19.5 Å². The van der Waals surface area contributed by atoms with Gasteiger partial charge in [-0.25, -0.2) is 8.42 Å². The summed E-state index contributed by atoms with van der Waals surface area (Å²) < 4.78 is 38.2. The Balaban J connectivity index is 1.60. The van der Waals surface area contributed by atoms with Gasteiger partial charge in [-0.1, -0.05) is 0 Å². The number of hydrogen-bond donors (Lipinski definition) is 1. The largest absolute Gasteiger partial charge is 0.494 e. The van der Waals surface area contributed by atoms with E-state index in [1.165, 1.54) is 0 Å². The van der Waals surface area contributed by atoms with Crippen molar-refractivity contribution in [3.05, 3.63) is 24.3 Å². The van der Waals surface area contributed by atoms with E-state index < -0.39 is 34.4 Å². The van der Waals surface area contributed by atoms with Crippen LogP contribution in [0.1, 0.15) is 19.8 Å². The first kappa shape index (κ1) is 20.0. The van der Waals surface area contributed by atoms with Gasteiger partial charge >= 0.3 is 5.97 Å². The molecule has 0 radical (unpaired) electrons. The van der Waals surface area contributed by atoms with Gasteiger partial charge in [0.25, 0.3) is 5.91 Å². The predicted molar refractivity (Wildman–Crippen MR) is 93.9 cm³/mol. The van der Waals surface area contributed by atoms with Crippen molar-refractivity contribution in [2.24, 2.45) is 0 Å². The van der Waals surface area contributed by atoms with Crippen LogP contribution in [-0.4, -0.2) is 57.7 Å². The Morgan fingerprint density at radius 1 is 1.15 bits per heavy atom. The zero-order valence-electron chi connectivity index (χ0n) is 14.6. The van der Waals surface area contributed by atoms with Crippen LogP contribution in [0.15, 0.2) is 24.3 Å². The predicted octanol–water partition coefficient (Wildman–Crippen LogP) is 0.701. The van der Waals surface area contributed by atoms with Crippen molar-refractivity contribution in [1.82, 2.24) is 5.32 Å². The monoisotopic (exact) mass is 385 g/mol. The molecule has 1 aliphatic heterocycles. The fraction of sp³-hybridized carbons (Fsp3) is 0.529. The molecule has 0 aliphatic carbocycles. The fourth-order valence-corrected chi connectivity index (χ4v) is 4.12. The molecule has 2 rings (SSSR count). The molecule has 0 spiro atoms. The molecular formula is C17H23NO7S. The Labute approximate surface area is 152 Å². The molecule has 9 heteroatoms. The smallest absolute Gasteiger partial charge is 0.309 e. The van der Waals surface area contributed by atoms with Gasteiger partial charge in [0.1, 0.15) is 11.5 Å². The molecule has 1 saturated heterocycles. The van der Waals surface area contributed by atoms with Crippen molar-refractivity contribution in [2.45, 2.75) is 25.8 Å². The van der Waals surface area contributed by atoms with Crippen molar-refractivity contribution >= 4 is 21.7 Å². The maximum atomic E-state index is 11.7. The standard InChI is InChI=1S/C17H23NO7S/c1-2-23-14-3-5-15(6-4-14)24-9-7-17(20)25-11-16(19)18-13-8-10-26(21,22)12-13/h3-6,13H,2,7-12H2,1H3,(H,18,19)/t13-/m0/s1. The molecule has 144 valence electrons. The highest BCUT2D eigenvalue weighted by Gasteiger charge is 2.28. The normalized spacial score (nSPS) is 18.1. The minimum atomic E-state index is -3.06. The van der Waals surface area contributed by atoms with Crippen LogP contribution >= 0.6 is 0 Å². The maximum Gasteiger partial charge on any atom is 0.309 e. The second-order valence-corrected chi connectivity index (χ2v) is 8.06. The number of amides is 1. The van der Waals surface area contributed by atoms with E-state index in [1.807, 2.05) is 6.92 Å². The van der Waals surface area contributed by atoms with E-state index in [0.717, 1.165) is 5.75 Å². The molecule has 0 aromatic heterocycles. The summed E-state index contributed by atoms with van der Waals surface area (Å²) in [6, 6.07) is 6.60. The molecule has 1 heterocycles. The molecule has 1 N–H and O–H groups in total. The molecule has 1 aromatic carbocycles. The minimum absolute atomic E-state index is 0.00169. The minimum Gasteiger partial charge on any atom is -0.494 e. The van der Waals surface area contributed by atoms with Gasteiger partial charge in [0, 0.05) is 6.04 Å². The van der Waals surface area contributed by atoms with E-state index in [1.54, 1.807) is 24.3 Å². The zero-order valence-corrected chi connectivity index (χ0v) is 15.4. The van der Waals surface area contributed by atoms with Crippen molar-refractivity contribution in [2.75, 3.05) is 31.3 Å². The molecule has 1 aromatic rings. The first-order chi connectivity index (χ1) is 12.4. The Morgan fingerprint density at radius 2 is 1.81 bits per heavy atom. The third kappa shape index (κ3) is 6.91. The fourth-order valence-electron chi connectivity index (χ4n) is 2.45. The van der Waals surface area contributed by atoms with E-state index in [2.05, 4.69) is 5.32 Å². The summed E-state index contributed by atoms with van der Waals surface area (Å²) in [5.74, 6) is 0.267. The summed E-state index contributed by atoms with van der Waals surface area (Å²) in [6.07, 6.45) is 0.385. The zero-order chi connectivity index (χ0) is 19.0. The van der Waals surface area contributed by atoms with Crippen LogP contribution in [0, 0.1) is 0 Å². The Kier molecular flexibility index (Phi) is 7.26. The number of nitrogens with one attached hydrogen (secondary N) is 1. The van der Waals surface area contributed by atoms with Crippen LogP contribution < -0.4 is 14.8 Å². The van der Waals surface area contributed by atoms with E-state index in [9.17, 15) is 18.0 Å². The lowest BCUT2D eigenvalue weighted by molar-refractivity contribution is -0.149. The van der Waals surface area contributed by atoms with Gasteiger partial charge in [-0.05, 0) is 37.6 Å². The van der Waals surface area contributed by atoms with Crippen molar-refractivity contribution < 1.29 is 32.2 Å². The summed E-state index contributed by atoms with van der Waals surface area (Å²) in [7, 11) is -3.06. The van der Waals surface area contributed by atoms with Crippen LogP contribution in [0.4, 0.5) is 0 Å². The van der Waals surface area contributed by atoms with Crippen LogP contribution in [0.2, 0.25) is 0 Å². The first-order valence-corrected chi connectivity index (χ1v) is 10.2. The average Bonchev–Trinajstić information content (AvgIpc) is 2.93. The van der Waals surface area contributed by atoms with Crippen LogP contribution in [0.5, 0.6) is 11.5 Å². The van der Waals surface area contributed by atoms with Gasteiger partial charge in [-0.2, -0.15) is 0 Å². The quantitative estimate of drug-likeness (QED) is 0.623. The molecule has 1 amide bonds. The third-order valence-corrected chi connectivity index (χ3v) is 5.44. The second-order valence-electron chi connectivity index (χ2n) is 5.83. The molecule has 0 unspecified atom stereocenters. The molecule has 0 bridgehead atoms. The van der Waals surface area contributed by atoms with Crippen molar-refractivity contribution in [3.63, 3.8) is 0 Å². The van der Waals surface area contributed by atoms with Crippen LogP contribution in [-0.2, 0) is 24.2 Å². The molecule has 1 fully saturated rings. The molecule has 1 aliphatic rings. The van der Waals surface area contributed by atoms with E-state index in [4.69, 9.17) is 14.2 Å². The number of hydrogen-bond acceptors (Lipinski definition) is 7. The lowest BCUT2D eigenvalue weighted by Gasteiger charge is -2.11. The number of ether oxygens (including phenoxy) is 3. The number of sulfone groups is 1. The number of esters is 1. The SMILES string of the molecule is CCOc1ccc(OCCC(=O)OCC(=O)N[C@H]2CCS(=O)(=O)C2)cc1. The Hall–Kier alpha value is -2.29. The molecule has 0 saturated carbocycles. The highest BCUT2D eigenvalue weighted by Crippen LogP contribution is 2.17. The summed E-state index contributed by atoms with van der Waals surface area (Å²) in [5, 5.41) is 2.55. The number of carbonyl (C=O) groups excluding carboxylic acids is 2. The summed E-state index contributed by atoms with van der Waals surface area (Å²) in [6.45, 7) is 2.16.